The van der Waals surface area contributed by atoms with Crippen LogP contribution in [0.4, 0.5) is 0 Å². The van der Waals surface area contributed by atoms with Gasteiger partial charge in [-0.1, -0.05) is 0 Å². The Bertz CT molecular complexity index is 1000. The molecule has 0 aromatic rings. The first-order valence-corrected chi connectivity index (χ1v) is 17.6. The largest absolute Gasteiger partial charge is 0.394 e. The van der Waals surface area contributed by atoms with Crippen LogP contribution in [0.15, 0.2) is 0 Å². The van der Waals surface area contributed by atoms with Crippen LogP contribution in [0.25, 0.3) is 0 Å². The lowest BCUT2D eigenvalue weighted by Gasteiger charge is -2.49. The Hall–Kier alpha value is -1.00. The Kier molecular flexibility index (Phi) is 14.3. The van der Waals surface area contributed by atoms with Crippen LogP contribution >= 0.6 is 0 Å². The number of hydrogen-bond donors (Lipinski definition) is 15. The number of ether oxygens (including phenoxy) is 10. The number of hydrogen-bond acceptors (Lipinski definition) is 25. The van der Waals surface area contributed by atoms with Gasteiger partial charge in [0.1, 0.15) is 122 Å². The van der Waals surface area contributed by atoms with E-state index in [4.69, 9.17) is 47.4 Å². The van der Waals surface area contributed by atoms with Crippen molar-refractivity contribution in [1.29, 1.82) is 0 Å². The Labute approximate surface area is 310 Å². The Morgan fingerprint density at radius 3 is 0.491 bits per heavy atom. The Morgan fingerprint density at radius 2 is 0.364 bits per heavy atom. The van der Waals surface area contributed by atoms with E-state index < -0.39 is 187 Å². The molecule has 0 aromatic carbocycles. The topological polar surface area (TPSA) is 396 Å². The molecule has 15 rings (SSSR count). The zero-order chi connectivity index (χ0) is 40.0. The second kappa shape index (κ2) is 18.1. The van der Waals surface area contributed by atoms with E-state index in [0.29, 0.717) is 0 Å². The lowest BCUT2D eigenvalue weighted by Crippen LogP contribution is -2.67. The van der Waals surface area contributed by atoms with Gasteiger partial charge >= 0.3 is 0 Å². The molecule has 15 aliphatic rings. The van der Waals surface area contributed by atoms with E-state index in [9.17, 15) is 76.6 Å². The molecule has 0 spiro atoms. The van der Waals surface area contributed by atoms with E-state index in [0.717, 1.165) is 0 Å². The van der Waals surface area contributed by atoms with Gasteiger partial charge in [0.15, 0.2) is 31.5 Å². The van der Waals surface area contributed by atoms with E-state index >= 15 is 0 Å². The molecule has 0 radical (unpaired) electrons. The van der Waals surface area contributed by atoms with Crippen molar-refractivity contribution in [2.24, 2.45) is 0 Å². The third-order valence-corrected chi connectivity index (χ3v) is 10.6. The van der Waals surface area contributed by atoms with E-state index in [1.807, 2.05) is 0 Å². The molecule has 25 heteroatoms. The third-order valence-electron chi connectivity index (χ3n) is 10.6. The minimum Gasteiger partial charge on any atom is -0.394 e. The Morgan fingerprint density at radius 1 is 0.218 bits per heavy atom. The zero-order valence-corrected chi connectivity index (χ0v) is 28.8. The number of rotatable bonds is 5. The summed E-state index contributed by atoms with van der Waals surface area (Å²) < 4.78 is 56.3. The summed E-state index contributed by atoms with van der Waals surface area (Å²) in [6, 6.07) is 0. The molecular formula is C30H50O25. The van der Waals surface area contributed by atoms with Crippen LogP contribution in [-0.4, -0.2) is 263 Å². The molecule has 55 heavy (non-hydrogen) atoms. The van der Waals surface area contributed by atoms with Gasteiger partial charge in [-0.25, -0.2) is 0 Å². The van der Waals surface area contributed by atoms with Crippen molar-refractivity contribution in [2.45, 2.75) is 154 Å². The zero-order valence-electron chi connectivity index (χ0n) is 28.8. The van der Waals surface area contributed by atoms with Crippen molar-refractivity contribution >= 4 is 0 Å². The normalized spacial score (nSPS) is 55.4. The van der Waals surface area contributed by atoms with Gasteiger partial charge in [0, 0.05) is 0 Å². The van der Waals surface area contributed by atoms with E-state index in [1.165, 1.54) is 0 Å². The summed E-state index contributed by atoms with van der Waals surface area (Å²) >= 11 is 0. The van der Waals surface area contributed by atoms with E-state index in [2.05, 4.69) is 0 Å². The average molecular weight is 811 g/mol. The maximum Gasteiger partial charge on any atom is 0.187 e. The summed E-state index contributed by atoms with van der Waals surface area (Å²) in [6.07, 6.45) is -46.9. The maximum atomic E-state index is 11.1. The van der Waals surface area contributed by atoms with Crippen molar-refractivity contribution in [3.8, 4) is 0 Å². The molecule has 320 valence electrons. The fourth-order valence-electron chi connectivity index (χ4n) is 7.44. The lowest BCUT2D eigenvalue weighted by molar-refractivity contribution is -0.389. The van der Waals surface area contributed by atoms with Crippen LogP contribution in [0.5, 0.6) is 0 Å². The second-order valence-corrected chi connectivity index (χ2v) is 14.0. The van der Waals surface area contributed by atoms with Crippen LogP contribution in [0.1, 0.15) is 0 Å². The van der Waals surface area contributed by atoms with Crippen molar-refractivity contribution in [2.75, 3.05) is 33.0 Å². The first-order chi connectivity index (χ1) is 26.2. The van der Waals surface area contributed by atoms with Gasteiger partial charge in [-0.05, 0) is 0 Å². The first-order valence-electron chi connectivity index (χ1n) is 17.6. The van der Waals surface area contributed by atoms with Gasteiger partial charge < -0.3 is 124 Å². The standard InChI is InChI=1S/C30H50O25/c31-1-6-21-11(36)16(41)26(46-6)52-22-7(2-32)48-28(18(43)13(22)38)54-24-9(4-34)50-30(20(45)15(24)40)55-25-10(5-35)49-29(19(44)14(25)39)53-23-8(3-33)47-27(51-21)17(42)12(23)37/h6-45H,1-5H2/t6-,7-,8-,9-,10-,11-,12-,13-,14-,15-,16+,17+,18+,19+,20+,21-,22-,23-,24-,25-,26-,27-,28-,29-,30-/m1/s1. The molecule has 15 heterocycles. The monoisotopic (exact) mass is 810 g/mol. The van der Waals surface area contributed by atoms with Gasteiger partial charge in [0.2, 0.25) is 0 Å². The van der Waals surface area contributed by atoms with Crippen molar-refractivity contribution < 1.29 is 124 Å². The Balaban J connectivity index is 1.34. The molecule has 15 fully saturated rings. The van der Waals surface area contributed by atoms with E-state index in [1.54, 1.807) is 0 Å². The molecule has 25 atom stereocenters. The summed E-state index contributed by atoms with van der Waals surface area (Å²) in [5.41, 5.74) is 0. The van der Waals surface area contributed by atoms with Gasteiger partial charge in [-0.3, -0.25) is 0 Å². The minimum absolute atomic E-state index is 0.943. The molecule has 15 saturated heterocycles. The quantitative estimate of drug-likeness (QED) is 0.123. The van der Waals surface area contributed by atoms with Crippen LogP contribution in [0, 0.1) is 0 Å². The molecule has 0 amide bonds. The summed E-state index contributed by atoms with van der Waals surface area (Å²) in [5.74, 6) is 0. The molecule has 15 aliphatic heterocycles. The molecular weight excluding hydrogens is 760 g/mol. The highest BCUT2D eigenvalue weighted by molar-refractivity contribution is 5.00. The molecule has 0 saturated carbocycles. The second-order valence-electron chi connectivity index (χ2n) is 14.0. The molecule has 10 bridgehead atoms. The van der Waals surface area contributed by atoms with Crippen LogP contribution in [0.2, 0.25) is 0 Å². The average Bonchev–Trinajstić information content (AvgIpc) is 3.18. The highest BCUT2D eigenvalue weighted by Crippen LogP contribution is 2.37. The van der Waals surface area contributed by atoms with Gasteiger partial charge in [0.25, 0.3) is 0 Å². The van der Waals surface area contributed by atoms with Crippen molar-refractivity contribution in [3.63, 3.8) is 0 Å². The van der Waals surface area contributed by atoms with Gasteiger partial charge in [-0.15, -0.1) is 0 Å². The van der Waals surface area contributed by atoms with E-state index in [-0.39, 0.29) is 0 Å². The summed E-state index contributed by atoms with van der Waals surface area (Å²) in [5, 5.41) is 161. The molecule has 0 aliphatic carbocycles. The predicted octanol–water partition coefficient (Wildman–Crippen LogP) is -10.9. The minimum atomic E-state index is -2.08. The summed E-state index contributed by atoms with van der Waals surface area (Å²) in [4.78, 5) is 0. The maximum absolute atomic E-state index is 11.1. The summed E-state index contributed by atoms with van der Waals surface area (Å²) in [6.45, 7) is -4.72. The number of aliphatic hydroxyl groups is 15. The predicted molar refractivity (Wildman–Crippen MR) is 163 cm³/mol. The fraction of sp³-hybridized carbons (Fsp3) is 1.00. The van der Waals surface area contributed by atoms with Crippen LogP contribution in [0.3, 0.4) is 0 Å². The van der Waals surface area contributed by atoms with Gasteiger partial charge in [0.05, 0.1) is 33.0 Å². The highest BCUT2D eigenvalue weighted by atomic mass is 16.8. The van der Waals surface area contributed by atoms with Crippen LogP contribution < -0.4 is 0 Å². The SMILES string of the molecule is OC[C@H]1O[C@@H]2O[C@H]3[C@H](O)[C@H](O)[C@@H](O[C@H]4[C@H](O)[C@H](O)[C@@H](O[C@H]5[C@H](O)[C@H](O)[C@@H](O[C@H]6[C@H](O)[C@H](O)[C@@H](O[C@H]1[C@H](O)[C@@H]2O)O[C@@H]6CO)O[C@@H]5CO)O[C@@H]4CO)O[C@@H]3CO. The number of aliphatic hydroxyl groups excluding tert-OH is 15. The smallest absolute Gasteiger partial charge is 0.187 e. The molecule has 15 N–H and O–H groups in total. The van der Waals surface area contributed by atoms with Crippen molar-refractivity contribution in [1.82, 2.24) is 0 Å². The van der Waals surface area contributed by atoms with Crippen LogP contribution in [-0.2, 0) is 47.4 Å². The van der Waals surface area contributed by atoms with Crippen molar-refractivity contribution in [3.05, 3.63) is 0 Å². The van der Waals surface area contributed by atoms with Gasteiger partial charge in [-0.2, -0.15) is 0 Å². The first kappa shape index (κ1) is 43.6. The molecule has 25 nitrogen and oxygen atoms in total. The summed E-state index contributed by atoms with van der Waals surface area (Å²) in [7, 11) is 0. The molecule has 0 unspecified atom stereocenters. The molecule has 0 aromatic heterocycles. The highest BCUT2D eigenvalue weighted by Gasteiger charge is 2.57. The third kappa shape index (κ3) is 8.28. The fourth-order valence-corrected chi connectivity index (χ4v) is 7.44. The lowest BCUT2D eigenvalue weighted by atomic mass is 9.95.